The van der Waals surface area contributed by atoms with Gasteiger partial charge in [-0.1, -0.05) is 12.8 Å². The van der Waals surface area contributed by atoms with Crippen LogP contribution in [-0.2, 0) is 4.79 Å². The van der Waals surface area contributed by atoms with Crippen molar-refractivity contribution in [2.24, 2.45) is 17.8 Å². The van der Waals surface area contributed by atoms with Crippen LogP contribution in [0.5, 0.6) is 0 Å². The first-order chi connectivity index (χ1) is 8.24. The standard InChI is InChI=1S/C14H23NO2/c16-14(17)12-6-7-15(9-12)13-3-1-2-11(8-13)10-4-5-10/h10-13H,1-9H2,(H,16,17). The molecule has 0 aromatic rings. The third kappa shape index (κ3) is 2.49. The number of likely N-dealkylation sites (tertiary alicyclic amines) is 1. The molecule has 3 heteroatoms. The van der Waals surface area contributed by atoms with E-state index in [0.717, 1.165) is 31.3 Å². The van der Waals surface area contributed by atoms with E-state index in [0.29, 0.717) is 6.04 Å². The summed E-state index contributed by atoms with van der Waals surface area (Å²) in [6.45, 7) is 1.82. The Kier molecular flexibility index (Phi) is 3.12. The van der Waals surface area contributed by atoms with E-state index in [-0.39, 0.29) is 5.92 Å². The van der Waals surface area contributed by atoms with Crippen LogP contribution < -0.4 is 0 Å². The van der Waals surface area contributed by atoms with Crippen molar-refractivity contribution in [1.29, 1.82) is 0 Å². The SMILES string of the molecule is O=C(O)C1CCN(C2CCCC(C3CC3)C2)C1. The molecule has 3 rings (SSSR count). The number of carboxylic acid groups (broad SMARTS) is 1. The van der Waals surface area contributed by atoms with Crippen molar-refractivity contribution in [1.82, 2.24) is 4.90 Å². The first kappa shape index (κ1) is 11.5. The molecule has 1 aliphatic heterocycles. The lowest BCUT2D eigenvalue weighted by Crippen LogP contribution is -2.38. The molecule has 0 amide bonds. The number of rotatable bonds is 3. The van der Waals surface area contributed by atoms with Crippen LogP contribution in [0.1, 0.15) is 44.9 Å². The van der Waals surface area contributed by atoms with Gasteiger partial charge in [-0.2, -0.15) is 0 Å². The molecule has 3 nitrogen and oxygen atoms in total. The lowest BCUT2D eigenvalue weighted by Gasteiger charge is -2.35. The summed E-state index contributed by atoms with van der Waals surface area (Å²) < 4.78 is 0. The maximum absolute atomic E-state index is 11.0. The molecule has 0 spiro atoms. The van der Waals surface area contributed by atoms with E-state index in [9.17, 15) is 4.79 Å². The fourth-order valence-electron chi connectivity index (χ4n) is 3.85. The smallest absolute Gasteiger partial charge is 0.307 e. The lowest BCUT2D eigenvalue weighted by atomic mass is 9.82. The maximum atomic E-state index is 11.0. The van der Waals surface area contributed by atoms with Gasteiger partial charge in [-0.05, 0) is 50.5 Å². The monoisotopic (exact) mass is 237 g/mol. The molecule has 1 heterocycles. The third-order valence-corrected chi connectivity index (χ3v) is 5.06. The van der Waals surface area contributed by atoms with Crippen molar-refractivity contribution in [3.8, 4) is 0 Å². The summed E-state index contributed by atoms with van der Waals surface area (Å²) in [5.74, 6) is 1.28. The number of aliphatic carboxylic acids is 1. The summed E-state index contributed by atoms with van der Waals surface area (Å²) >= 11 is 0. The van der Waals surface area contributed by atoms with E-state index in [2.05, 4.69) is 4.90 Å². The van der Waals surface area contributed by atoms with E-state index >= 15 is 0 Å². The van der Waals surface area contributed by atoms with Crippen LogP contribution in [0.25, 0.3) is 0 Å². The van der Waals surface area contributed by atoms with Crippen molar-refractivity contribution in [3.63, 3.8) is 0 Å². The van der Waals surface area contributed by atoms with E-state index in [1.165, 1.54) is 38.5 Å². The fourth-order valence-corrected chi connectivity index (χ4v) is 3.85. The first-order valence-corrected chi connectivity index (χ1v) is 7.21. The van der Waals surface area contributed by atoms with Gasteiger partial charge in [0.15, 0.2) is 0 Å². The fraction of sp³-hybridized carbons (Fsp3) is 0.929. The molecule has 1 saturated heterocycles. The second kappa shape index (κ2) is 4.60. The van der Waals surface area contributed by atoms with E-state index in [1.54, 1.807) is 0 Å². The zero-order valence-corrected chi connectivity index (χ0v) is 10.5. The molecule has 3 aliphatic rings. The van der Waals surface area contributed by atoms with Crippen LogP contribution in [0.4, 0.5) is 0 Å². The average molecular weight is 237 g/mol. The normalized spacial score (nSPS) is 39.4. The highest BCUT2D eigenvalue weighted by Gasteiger charge is 2.38. The molecule has 3 unspecified atom stereocenters. The highest BCUT2D eigenvalue weighted by atomic mass is 16.4. The maximum Gasteiger partial charge on any atom is 0.307 e. The van der Waals surface area contributed by atoms with Crippen LogP contribution in [0.15, 0.2) is 0 Å². The molecule has 3 atom stereocenters. The zero-order chi connectivity index (χ0) is 11.8. The predicted octanol–water partition coefficient (Wildman–Crippen LogP) is 2.36. The van der Waals surface area contributed by atoms with Gasteiger partial charge in [0.05, 0.1) is 5.92 Å². The zero-order valence-electron chi connectivity index (χ0n) is 10.5. The summed E-state index contributed by atoms with van der Waals surface area (Å²) in [6.07, 6.45) is 9.20. The van der Waals surface area contributed by atoms with Gasteiger partial charge in [0.1, 0.15) is 0 Å². The molecule has 96 valence electrons. The Morgan fingerprint density at radius 3 is 2.53 bits per heavy atom. The molecule has 17 heavy (non-hydrogen) atoms. The highest BCUT2D eigenvalue weighted by Crippen LogP contribution is 2.45. The van der Waals surface area contributed by atoms with Crippen LogP contribution >= 0.6 is 0 Å². The van der Waals surface area contributed by atoms with Gasteiger partial charge in [0.2, 0.25) is 0 Å². The van der Waals surface area contributed by atoms with Crippen LogP contribution in [0, 0.1) is 17.8 Å². The Bertz CT molecular complexity index is 301. The van der Waals surface area contributed by atoms with Gasteiger partial charge in [-0.15, -0.1) is 0 Å². The van der Waals surface area contributed by atoms with Crippen molar-refractivity contribution < 1.29 is 9.90 Å². The molecule has 1 N–H and O–H groups in total. The summed E-state index contributed by atoms with van der Waals surface area (Å²) in [4.78, 5) is 13.5. The second-order valence-corrected chi connectivity index (χ2v) is 6.24. The highest BCUT2D eigenvalue weighted by molar-refractivity contribution is 5.70. The van der Waals surface area contributed by atoms with Crippen molar-refractivity contribution in [2.75, 3.05) is 13.1 Å². The van der Waals surface area contributed by atoms with Crippen molar-refractivity contribution >= 4 is 5.97 Å². The topological polar surface area (TPSA) is 40.5 Å². The molecule has 3 fully saturated rings. The van der Waals surface area contributed by atoms with Crippen molar-refractivity contribution in [3.05, 3.63) is 0 Å². The average Bonchev–Trinajstić information content (AvgIpc) is 3.06. The molecular formula is C14H23NO2. The van der Waals surface area contributed by atoms with E-state index in [4.69, 9.17) is 5.11 Å². The molecule has 2 aliphatic carbocycles. The Morgan fingerprint density at radius 2 is 1.88 bits per heavy atom. The minimum Gasteiger partial charge on any atom is -0.481 e. The summed E-state index contributed by atoms with van der Waals surface area (Å²) in [5, 5.41) is 9.05. The number of carboxylic acids is 1. The number of hydrogen-bond acceptors (Lipinski definition) is 2. The Labute approximate surface area is 103 Å². The molecule has 2 saturated carbocycles. The van der Waals surface area contributed by atoms with Crippen LogP contribution in [0.3, 0.4) is 0 Å². The summed E-state index contributed by atoms with van der Waals surface area (Å²) in [7, 11) is 0. The van der Waals surface area contributed by atoms with E-state index < -0.39 is 5.97 Å². The molecule has 0 aromatic carbocycles. The van der Waals surface area contributed by atoms with Crippen LogP contribution in [0.2, 0.25) is 0 Å². The molecule has 0 bridgehead atoms. The lowest BCUT2D eigenvalue weighted by molar-refractivity contribution is -0.141. The molecule has 0 radical (unpaired) electrons. The van der Waals surface area contributed by atoms with Gasteiger partial charge in [0.25, 0.3) is 0 Å². The minimum absolute atomic E-state index is 0.101. The summed E-state index contributed by atoms with van der Waals surface area (Å²) in [5.41, 5.74) is 0. The largest absolute Gasteiger partial charge is 0.481 e. The Morgan fingerprint density at radius 1 is 1.06 bits per heavy atom. The van der Waals surface area contributed by atoms with Gasteiger partial charge < -0.3 is 5.11 Å². The second-order valence-electron chi connectivity index (χ2n) is 6.24. The number of hydrogen-bond donors (Lipinski definition) is 1. The van der Waals surface area contributed by atoms with Crippen LogP contribution in [-0.4, -0.2) is 35.1 Å². The van der Waals surface area contributed by atoms with Gasteiger partial charge in [0, 0.05) is 12.6 Å². The Balaban J connectivity index is 1.55. The number of carbonyl (C=O) groups is 1. The Hall–Kier alpha value is -0.570. The quantitative estimate of drug-likeness (QED) is 0.819. The summed E-state index contributed by atoms with van der Waals surface area (Å²) in [6, 6.07) is 0.693. The minimum atomic E-state index is -0.595. The van der Waals surface area contributed by atoms with Gasteiger partial charge in [-0.25, -0.2) is 0 Å². The van der Waals surface area contributed by atoms with E-state index in [1.807, 2.05) is 0 Å². The third-order valence-electron chi connectivity index (χ3n) is 5.06. The van der Waals surface area contributed by atoms with Crippen molar-refractivity contribution in [2.45, 2.75) is 51.0 Å². The number of nitrogens with zero attached hydrogens (tertiary/aromatic N) is 1. The molecular weight excluding hydrogens is 214 g/mol. The van der Waals surface area contributed by atoms with Gasteiger partial charge >= 0.3 is 5.97 Å². The van der Waals surface area contributed by atoms with Gasteiger partial charge in [-0.3, -0.25) is 9.69 Å². The first-order valence-electron chi connectivity index (χ1n) is 7.21. The molecule has 0 aromatic heterocycles. The predicted molar refractivity (Wildman–Crippen MR) is 65.8 cm³/mol.